The molecule has 1 rings (SSSR count). The van der Waals surface area contributed by atoms with Gasteiger partial charge < -0.3 is 5.32 Å². The molecule has 0 saturated carbocycles. The number of hydrogen-bond acceptors (Lipinski definition) is 2. The van der Waals surface area contributed by atoms with Crippen LogP contribution in [-0.4, -0.2) is 13.1 Å². The van der Waals surface area contributed by atoms with Gasteiger partial charge in [-0.25, -0.2) is 0 Å². The molecule has 0 fully saturated rings. The number of hydrogen-bond donors (Lipinski definition) is 1. The molecule has 1 heterocycles. The number of halogens is 1. The maximum Gasteiger partial charge on any atom is 0.0314 e. The molecular weight excluding hydrogens is 294 g/mol. The first-order valence-electron chi connectivity index (χ1n) is 6.55. The standard InChI is InChI=1S/C14H24BrNS/c1-11(2)10-16-8-6-4-5-7-13-9-14(15)12(3)17-13/h9,11,16H,4-8,10H2,1-3H3. The van der Waals surface area contributed by atoms with Gasteiger partial charge in [0.2, 0.25) is 0 Å². The molecular formula is C14H24BrNS. The Morgan fingerprint density at radius 2 is 2.06 bits per heavy atom. The third-order valence-electron chi connectivity index (χ3n) is 2.74. The molecule has 0 aliphatic rings. The SMILES string of the molecule is Cc1sc(CCCCCNCC(C)C)cc1Br. The molecule has 98 valence electrons. The Morgan fingerprint density at radius 3 is 2.65 bits per heavy atom. The summed E-state index contributed by atoms with van der Waals surface area (Å²) in [5.74, 6) is 0.765. The van der Waals surface area contributed by atoms with Gasteiger partial charge in [0.1, 0.15) is 0 Å². The fraction of sp³-hybridized carbons (Fsp3) is 0.714. The smallest absolute Gasteiger partial charge is 0.0314 e. The summed E-state index contributed by atoms with van der Waals surface area (Å²) in [6.07, 6.45) is 5.19. The van der Waals surface area contributed by atoms with Crippen LogP contribution in [0.25, 0.3) is 0 Å². The molecule has 0 aromatic carbocycles. The van der Waals surface area contributed by atoms with E-state index in [9.17, 15) is 0 Å². The van der Waals surface area contributed by atoms with Crippen molar-refractivity contribution < 1.29 is 0 Å². The van der Waals surface area contributed by atoms with Crippen molar-refractivity contribution in [2.75, 3.05) is 13.1 Å². The van der Waals surface area contributed by atoms with E-state index in [1.165, 1.54) is 46.5 Å². The quantitative estimate of drug-likeness (QED) is 0.680. The minimum atomic E-state index is 0.765. The highest BCUT2D eigenvalue weighted by Crippen LogP contribution is 2.27. The van der Waals surface area contributed by atoms with Crippen LogP contribution in [0.5, 0.6) is 0 Å². The van der Waals surface area contributed by atoms with Crippen molar-refractivity contribution in [3.63, 3.8) is 0 Å². The first kappa shape index (κ1) is 15.2. The highest BCUT2D eigenvalue weighted by atomic mass is 79.9. The van der Waals surface area contributed by atoms with Crippen molar-refractivity contribution in [2.24, 2.45) is 5.92 Å². The molecule has 1 N–H and O–H groups in total. The maximum absolute atomic E-state index is 3.57. The Labute approximate surface area is 118 Å². The Kier molecular flexibility index (Phi) is 7.40. The van der Waals surface area contributed by atoms with E-state index in [4.69, 9.17) is 0 Å². The molecule has 0 amide bonds. The van der Waals surface area contributed by atoms with E-state index in [1.807, 2.05) is 11.3 Å². The van der Waals surface area contributed by atoms with E-state index >= 15 is 0 Å². The van der Waals surface area contributed by atoms with Gasteiger partial charge in [-0.2, -0.15) is 0 Å². The summed E-state index contributed by atoms with van der Waals surface area (Å²) in [5, 5.41) is 3.49. The monoisotopic (exact) mass is 317 g/mol. The van der Waals surface area contributed by atoms with Crippen molar-refractivity contribution in [3.8, 4) is 0 Å². The summed E-state index contributed by atoms with van der Waals surface area (Å²) in [4.78, 5) is 2.92. The average Bonchev–Trinajstić information content (AvgIpc) is 2.56. The Morgan fingerprint density at radius 1 is 1.29 bits per heavy atom. The van der Waals surface area contributed by atoms with E-state index < -0.39 is 0 Å². The second kappa shape index (κ2) is 8.28. The number of unbranched alkanes of at least 4 members (excludes halogenated alkanes) is 2. The van der Waals surface area contributed by atoms with E-state index in [1.54, 1.807) is 0 Å². The molecule has 1 aromatic rings. The highest BCUT2D eigenvalue weighted by Gasteiger charge is 2.02. The summed E-state index contributed by atoms with van der Waals surface area (Å²) in [6.45, 7) is 9.00. The fourth-order valence-corrected chi connectivity index (χ4v) is 3.40. The van der Waals surface area contributed by atoms with Crippen LogP contribution in [0.15, 0.2) is 10.5 Å². The summed E-state index contributed by atoms with van der Waals surface area (Å²) < 4.78 is 1.27. The summed E-state index contributed by atoms with van der Waals surface area (Å²) >= 11 is 5.50. The van der Waals surface area contributed by atoms with E-state index in [0.29, 0.717) is 0 Å². The van der Waals surface area contributed by atoms with Gasteiger partial charge in [0.25, 0.3) is 0 Å². The molecule has 0 radical (unpaired) electrons. The molecule has 0 aliphatic carbocycles. The lowest BCUT2D eigenvalue weighted by Crippen LogP contribution is -2.20. The van der Waals surface area contributed by atoms with Gasteiger partial charge in [-0.05, 0) is 67.2 Å². The van der Waals surface area contributed by atoms with Gasteiger partial charge in [-0.1, -0.05) is 20.3 Å². The highest BCUT2D eigenvalue weighted by molar-refractivity contribution is 9.10. The van der Waals surface area contributed by atoms with Crippen LogP contribution < -0.4 is 5.32 Å². The lowest BCUT2D eigenvalue weighted by Gasteiger charge is -2.06. The lowest BCUT2D eigenvalue weighted by molar-refractivity contribution is 0.530. The van der Waals surface area contributed by atoms with Crippen molar-refractivity contribution in [3.05, 3.63) is 20.3 Å². The number of aryl methyl sites for hydroxylation is 2. The molecule has 1 nitrogen and oxygen atoms in total. The molecule has 0 aliphatic heterocycles. The molecule has 0 unspecified atom stereocenters. The first-order valence-corrected chi connectivity index (χ1v) is 8.16. The second-order valence-corrected chi connectivity index (χ2v) is 7.22. The first-order chi connectivity index (χ1) is 8.09. The molecule has 0 saturated heterocycles. The van der Waals surface area contributed by atoms with Crippen molar-refractivity contribution in [1.29, 1.82) is 0 Å². The van der Waals surface area contributed by atoms with Crippen LogP contribution in [0.3, 0.4) is 0 Å². The summed E-state index contributed by atoms with van der Waals surface area (Å²) in [5.41, 5.74) is 0. The predicted octanol–water partition coefficient (Wildman–Crippen LogP) is 4.78. The largest absolute Gasteiger partial charge is 0.316 e. The molecule has 0 bridgehead atoms. The lowest BCUT2D eigenvalue weighted by atomic mass is 10.1. The van der Waals surface area contributed by atoms with Crippen molar-refractivity contribution >= 4 is 27.3 Å². The predicted molar refractivity (Wildman–Crippen MR) is 82.0 cm³/mol. The summed E-state index contributed by atoms with van der Waals surface area (Å²) in [6, 6.07) is 2.27. The van der Waals surface area contributed by atoms with Gasteiger partial charge in [0.05, 0.1) is 0 Å². The Balaban J connectivity index is 2.01. The zero-order chi connectivity index (χ0) is 12.7. The van der Waals surface area contributed by atoms with E-state index in [-0.39, 0.29) is 0 Å². The number of thiophene rings is 1. The van der Waals surface area contributed by atoms with Crippen LogP contribution in [0, 0.1) is 12.8 Å². The minimum Gasteiger partial charge on any atom is -0.316 e. The molecule has 0 atom stereocenters. The molecule has 17 heavy (non-hydrogen) atoms. The van der Waals surface area contributed by atoms with Gasteiger partial charge in [0.15, 0.2) is 0 Å². The van der Waals surface area contributed by atoms with Gasteiger partial charge in [-0.15, -0.1) is 11.3 Å². The van der Waals surface area contributed by atoms with Crippen molar-refractivity contribution in [1.82, 2.24) is 5.32 Å². The van der Waals surface area contributed by atoms with Crippen molar-refractivity contribution in [2.45, 2.75) is 46.5 Å². The van der Waals surface area contributed by atoms with Gasteiger partial charge >= 0.3 is 0 Å². The zero-order valence-corrected chi connectivity index (χ0v) is 13.6. The Bertz CT molecular complexity index is 301. The topological polar surface area (TPSA) is 12.0 Å². The van der Waals surface area contributed by atoms with Crippen LogP contribution in [-0.2, 0) is 6.42 Å². The van der Waals surface area contributed by atoms with Crippen LogP contribution >= 0.6 is 27.3 Å². The van der Waals surface area contributed by atoms with Gasteiger partial charge in [-0.3, -0.25) is 0 Å². The van der Waals surface area contributed by atoms with Crippen LogP contribution in [0.4, 0.5) is 0 Å². The number of rotatable bonds is 8. The maximum atomic E-state index is 3.57. The second-order valence-electron chi connectivity index (χ2n) is 5.03. The molecule has 3 heteroatoms. The van der Waals surface area contributed by atoms with E-state index in [2.05, 4.69) is 48.1 Å². The van der Waals surface area contributed by atoms with Crippen LogP contribution in [0.1, 0.15) is 42.9 Å². The fourth-order valence-electron chi connectivity index (χ4n) is 1.76. The molecule has 0 spiro atoms. The zero-order valence-electron chi connectivity index (χ0n) is 11.2. The Hall–Kier alpha value is 0.140. The summed E-state index contributed by atoms with van der Waals surface area (Å²) in [7, 11) is 0. The van der Waals surface area contributed by atoms with Gasteiger partial charge in [0, 0.05) is 14.2 Å². The third kappa shape index (κ3) is 6.58. The normalized spacial score (nSPS) is 11.4. The third-order valence-corrected chi connectivity index (χ3v) is 4.93. The van der Waals surface area contributed by atoms with Crippen LogP contribution in [0.2, 0.25) is 0 Å². The molecule has 1 aromatic heterocycles. The average molecular weight is 318 g/mol. The van der Waals surface area contributed by atoms with E-state index in [0.717, 1.165) is 12.5 Å². The number of nitrogens with one attached hydrogen (secondary N) is 1. The minimum absolute atomic E-state index is 0.765.